The molecule has 0 aliphatic heterocycles. The van der Waals surface area contributed by atoms with E-state index in [2.05, 4.69) is 60.7 Å². The van der Waals surface area contributed by atoms with Crippen LogP contribution in [0.25, 0.3) is 0 Å². The van der Waals surface area contributed by atoms with Gasteiger partial charge in [-0.3, -0.25) is 0 Å². The Morgan fingerprint density at radius 1 is 1.21 bits per heavy atom. The maximum absolute atomic E-state index is 5.67. The highest BCUT2D eigenvalue weighted by atomic mass is 16.5. The van der Waals surface area contributed by atoms with Crippen molar-refractivity contribution in [2.45, 2.75) is 53.3 Å². The van der Waals surface area contributed by atoms with E-state index < -0.39 is 0 Å². The van der Waals surface area contributed by atoms with Crippen LogP contribution in [0.3, 0.4) is 0 Å². The molecule has 0 bridgehead atoms. The van der Waals surface area contributed by atoms with Crippen molar-refractivity contribution in [2.24, 2.45) is 17.5 Å². The van der Waals surface area contributed by atoms with Crippen LogP contribution in [0, 0.1) is 12.3 Å². The molecule has 0 radical (unpaired) electrons. The predicted molar refractivity (Wildman–Crippen MR) is 113 cm³/mol. The second kappa shape index (κ2) is 9.68. The normalized spacial score (nSPS) is 14.6. The number of aryl methyl sites for hydroxylation is 1. The van der Waals surface area contributed by atoms with Crippen LogP contribution < -0.4 is 10.6 Å². The zero-order chi connectivity index (χ0) is 20.7. The summed E-state index contributed by atoms with van der Waals surface area (Å²) < 4.78 is 7.62. The van der Waals surface area contributed by atoms with Gasteiger partial charge >= 0.3 is 0 Å². The van der Waals surface area contributed by atoms with Gasteiger partial charge in [0.05, 0.1) is 12.1 Å². The Balaban J connectivity index is 2.14. The van der Waals surface area contributed by atoms with Crippen molar-refractivity contribution < 1.29 is 4.74 Å². The first kappa shape index (κ1) is 21.9. The van der Waals surface area contributed by atoms with Crippen LogP contribution in [-0.2, 0) is 18.3 Å². The third-order valence-corrected chi connectivity index (χ3v) is 4.92. The Bertz CT molecular complexity index is 763. The molecular formula is C21H34N6O. The van der Waals surface area contributed by atoms with Gasteiger partial charge in [-0.05, 0) is 24.8 Å². The average Bonchev–Trinajstić information content (AvgIpc) is 2.97. The number of aliphatic imine (C=N–C) groups is 1. The molecule has 0 fully saturated rings. The summed E-state index contributed by atoms with van der Waals surface area (Å²) >= 11 is 0. The van der Waals surface area contributed by atoms with Gasteiger partial charge in [0, 0.05) is 20.7 Å². The first-order chi connectivity index (χ1) is 13.2. The molecule has 28 heavy (non-hydrogen) atoms. The van der Waals surface area contributed by atoms with Crippen LogP contribution in [-0.4, -0.2) is 40.5 Å². The molecule has 0 saturated carbocycles. The van der Waals surface area contributed by atoms with E-state index in [-0.39, 0.29) is 17.6 Å². The molecular weight excluding hydrogens is 352 g/mol. The van der Waals surface area contributed by atoms with Gasteiger partial charge < -0.3 is 19.9 Å². The number of benzene rings is 1. The molecule has 7 nitrogen and oxygen atoms in total. The summed E-state index contributed by atoms with van der Waals surface area (Å²) in [6.45, 7) is 11.7. The summed E-state index contributed by atoms with van der Waals surface area (Å²) in [5.74, 6) is 2.42. The SMILES string of the molecule is COC(CNC(=NCc1nnc(C)n1C)NC(C)c1ccccc1)C(C)(C)C. The Hall–Kier alpha value is -2.41. The molecule has 0 aliphatic carbocycles. The highest BCUT2D eigenvalue weighted by Crippen LogP contribution is 2.21. The Morgan fingerprint density at radius 3 is 2.43 bits per heavy atom. The Kier molecular flexibility index (Phi) is 7.57. The molecule has 2 rings (SSSR count). The topological polar surface area (TPSA) is 76.4 Å². The molecule has 0 spiro atoms. The van der Waals surface area contributed by atoms with Crippen molar-refractivity contribution in [3.05, 3.63) is 47.5 Å². The quantitative estimate of drug-likeness (QED) is 0.565. The second-order valence-corrected chi connectivity index (χ2v) is 8.14. The first-order valence-corrected chi connectivity index (χ1v) is 9.69. The highest BCUT2D eigenvalue weighted by Gasteiger charge is 2.24. The van der Waals surface area contributed by atoms with E-state index in [0.29, 0.717) is 13.1 Å². The fourth-order valence-corrected chi connectivity index (χ4v) is 2.85. The van der Waals surface area contributed by atoms with Crippen LogP contribution >= 0.6 is 0 Å². The smallest absolute Gasteiger partial charge is 0.192 e. The molecule has 2 N–H and O–H groups in total. The summed E-state index contributed by atoms with van der Waals surface area (Å²) in [5.41, 5.74) is 1.23. The summed E-state index contributed by atoms with van der Waals surface area (Å²) in [7, 11) is 3.70. The van der Waals surface area contributed by atoms with Gasteiger partial charge in [-0.2, -0.15) is 0 Å². The summed E-state index contributed by atoms with van der Waals surface area (Å²) in [4.78, 5) is 4.74. The highest BCUT2D eigenvalue weighted by molar-refractivity contribution is 5.80. The lowest BCUT2D eigenvalue weighted by Gasteiger charge is -2.30. The van der Waals surface area contributed by atoms with E-state index in [1.807, 2.05) is 36.7 Å². The lowest BCUT2D eigenvalue weighted by molar-refractivity contribution is 0.0205. The molecule has 0 aliphatic rings. The van der Waals surface area contributed by atoms with E-state index in [1.165, 1.54) is 5.56 Å². The van der Waals surface area contributed by atoms with Crippen LogP contribution in [0.5, 0.6) is 0 Å². The van der Waals surface area contributed by atoms with Crippen molar-refractivity contribution in [1.82, 2.24) is 25.4 Å². The molecule has 1 aromatic heterocycles. The van der Waals surface area contributed by atoms with E-state index >= 15 is 0 Å². The summed E-state index contributed by atoms with van der Waals surface area (Å²) in [5, 5.41) is 15.2. The standard InChI is InChI=1S/C21H34N6O/c1-15(17-11-9-8-10-12-17)24-20(22-13-18(28-7)21(3,4)5)23-14-19-26-25-16(2)27(19)6/h8-12,15,18H,13-14H2,1-7H3,(H2,22,23,24). The molecule has 0 amide bonds. The fourth-order valence-electron chi connectivity index (χ4n) is 2.85. The van der Waals surface area contributed by atoms with Gasteiger partial charge in [0.2, 0.25) is 0 Å². The van der Waals surface area contributed by atoms with Crippen molar-refractivity contribution in [3.8, 4) is 0 Å². The maximum atomic E-state index is 5.67. The lowest BCUT2D eigenvalue weighted by atomic mass is 9.89. The Labute approximate surface area is 168 Å². The minimum absolute atomic E-state index is 0.0264. The van der Waals surface area contributed by atoms with E-state index in [9.17, 15) is 0 Å². The van der Waals surface area contributed by atoms with Crippen molar-refractivity contribution in [3.63, 3.8) is 0 Å². The predicted octanol–water partition coefficient (Wildman–Crippen LogP) is 2.98. The van der Waals surface area contributed by atoms with Gasteiger partial charge in [-0.1, -0.05) is 51.1 Å². The largest absolute Gasteiger partial charge is 0.379 e. The molecule has 2 unspecified atom stereocenters. The number of hydrogen-bond donors (Lipinski definition) is 2. The molecule has 2 aromatic rings. The van der Waals surface area contributed by atoms with Gasteiger partial charge in [0.1, 0.15) is 12.4 Å². The third kappa shape index (κ3) is 6.05. The van der Waals surface area contributed by atoms with E-state index in [0.717, 1.165) is 17.6 Å². The minimum atomic E-state index is 0.0264. The number of ether oxygens (including phenoxy) is 1. The zero-order valence-corrected chi connectivity index (χ0v) is 18.2. The number of guanidine groups is 1. The number of nitrogens with one attached hydrogen (secondary N) is 2. The molecule has 7 heteroatoms. The number of nitrogens with zero attached hydrogens (tertiary/aromatic N) is 4. The Morgan fingerprint density at radius 2 is 1.89 bits per heavy atom. The fraction of sp³-hybridized carbons (Fsp3) is 0.571. The zero-order valence-electron chi connectivity index (χ0n) is 18.2. The van der Waals surface area contributed by atoms with E-state index in [1.54, 1.807) is 7.11 Å². The van der Waals surface area contributed by atoms with Gasteiger partial charge in [0.15, 0.2) is 11.8 Å². The van der Waals surface area contributed by atoms with Crippen LogP contribution in [0.1, 0.15) is 50.9 Å². The minimum Gasteiger partial charge on any atom is -0.379 e. The first-order valence-electron chi connectivity index (χ1n) is 9.69. The lowest BCUT2D eigenvalue weighted by Crippen LogP contribution is -2.46. The second-order valence-electron chi connectivity index (χ2n) is 8.14. The van der Waals surface area contributed by atoms with Gasteiger partial charge in [-0.15, -0.1) is 10.2 Å². The van der Waals surface area contributed by atoms with E-state index in [4.69, 9.17) is 9.73 Å². The number of methoxy groups -OCH3 is 1. The number of aromatic nitrogens is 3. The summed E-state index contributed by atoms with van der Waals surface area (Å²) in [6, 6.07) is 10.4. The van der Waals surface area contributed by atoms with Crippen LogP contribution in [0.15, 0.2) is 35.3 Å². The molecule has 2 atom stereocenters. The molecule has 0 saturated heterocycles. The van der Waals surface area contributed by atoms with Crippen LogP contribution in [0.2, 0.25) is 0 Å². The summed E-state index contributed by atoms with van der Waals surface area (Å²) in [6.07, 6.45) is 0.0589. The van der Waals surface area contributed by atoms with Gasteiger partial charge in [-0.25, -0.2) is 4.99 Å². The maximum Gasteiger partial charge on any atom is 0.192 e. The molecule has 1 aromatic carbocycles. The van der Waals surface area contributed by atoms with Crippen molar-refractivity contribution in [2.75, 3.05) is 13.7 Å². The monoisotopic (exact) mass is 386 g/mol. The van der Waals surface area contributed by atoms with Crippen molar-refractivity contribution in [1.29, 1.82) is 0 Å². The van der Waals surface area contributed by atoms with Gasteiger partial charge in [0.25, 0.3) is 0 Å². The third-order valence-electron chi connectivity index (χ3n) is 4.92. The number of rotatable bonds is 7. The molecule has 1 heterocycles. The molecule has 154 valence electrons. The number of hydrogen-bond acceptors (Lipinski definition) is 4. The average molecular weight is 387 g/mol. The van der Waals surface area contributed by atoms with Crippen LogP contribution in [0.4, 0.5) is 0 Å². The van der Waals surface area contributed by atoms with Crippen molar-refractivity contribution >= 4 is 5.96 Å².